The molecule has 3 aromatic heterocycles. The van der Waals surface area contributed by atoms with Crippen LogP contribution in [0.2, 0.25) is 0 Å². The lowest BCUT2D eigenvalue weighted by Gasteiger charge is -2.05. The Balaban J connectivity index is 1.84. The summed E-state index contributed by atoms with van der Waals surface area (Å²) in [5, 5.41) is 2.69. The number of rotatable bonds is 3. The first-order valence-corrected chi connectivity index (χ1v) is 6.01. The number of nitrogens with one attached hydrogen (secondary N) is 1. The predicted molar refractivity (Wildman–Crippen MR) is 73.5 cm³/mol. The molecule has 1 amide bonds. The van der Waals surface area contributed by atoms with Crippen LogP contribution in [0.3, 0.4) is 0 Å². The van der Waals surface area contributed by atoms with Crippen molar-refractivity contribution in [3.05, 3.63) is 67.0 Å². The van der Waals surface area contributed by atoms with E-state index < -0.39 is 0 Å². The summed E-state index contributed by atoms with van der Waals surface area (Å²) in [6, 6.07) is 10.5. The number of hydrogen-bond donors (Lipinski definition) is 1. The van der Waals surface area contributed by atoms with Crippen molar-refractivity contribution in [3.8, 4) is 5.82 Å². The summed E-state index contributed by atoms with van der Waals surface area (Å²) in [5.41, 5.74) is 0.321. The van der Waals surface area contributed by atoms with Crippen LogP contribution in [0.5, 0.6) is 0 Å². The Bertz CT molecular complexity index is 709. The van der Waals surface area contributed by atoms with E-state index >= 15 is 0 Å². The number of carbonyl (C=O) groups excluding carboxylic acids is 1. The molecule has 6 heteroatoms. The maximum Gasteiger partial charge on any atom is 0.275 e. The molecule has 0 spiro atoms. The molecule has 0 aliphatic carbocycles. The second-order valence-electron chi connectivity index (χ2n) is 4.02. The van der Waals surface area contributed by atoms with Gasteiger partial charge in [-0.05, 0) is 24.3 Å². The third kappa shape index (κ3) is 2.54. The molecule has 0 fully saturated rings. The third-order valence-electron chi connectivity index (χ3n) is 2.64. The first-order valence-electron chi connectivity index (χ1n) is 6.01. The molecule has 0 aliphatic heterocycles. The quantitative estimate of drug-likeness (QED) is 0.785. The molecule has 0 atom stereocenters. The van der Waals surface area contributed by atoms with Gasteiger partial charge in [0.15, 0.2) is 0 Å². The van der Waals surface area contributed by atoms with Gasteiger partial charge >= 0.3 is 0 Å². The summed E-state index contributed by atoms with van der Waals surface area (Å²) in [7, 11) is 0. The fraction of sp³-hybridized carbons (Fsp3) is 0. The molecule has 1 N–H and O–H groups in total. The zero-order valence-electron chi connectivity index (χ0n) is 10.5. The fourth-order valence-corrected chi connectivity index (χ4v) is 1.71. The minimum absolute atomic E-state index is 0.300. The van der Waals surface area contributed by atoms with Crippen molar-refractivity contribution in [3.63, 3.8) is 0 Å². The topological polar surface area (TPSA) is 72.7 Å². The van der Waals surface area contributed by atoms with Gasteiger partial charge in [0, 0.05) is 18.6 Å². The van der Waals surface area contributed by atoms with Gasteiger partial charge in [-0.15, -0.1) is 0 Å². The number of amides is 1. The molecule has 0 aliphatic rings. The number of nitrogens with zero attached hydrogens (tertiary/aromatic N) is 4. The first kappa shape index (κ1) is 12.0. The predicted octanol–water partition coefficient (Wildman–Crippen LogP) is 1.91. The van der Waals surface area contributed by atoms with Crippen molar-refractivity contribution >= 4 is 11.7 Å². The summed E-state index contributed by atoms with van der Waals surface area (Å²) >= 11 is 0. The summed E-state index contributed by atoms with van der Waals surface area (Å²) < 4.78 is 1.73. The summed E-state index contributed by atoms with van der Waals surface area (Å²) in [4.78, 5) is 24.4. The van der Waals surface area contributed by atoms with Gasteiger partial charge in [0.2, 0.25) is 0 Å². The Labute approximate surface area is 115 Å². The largest absolute Gasteiger partial charge is 0.305 e. The van der Waals surface area contributed by atoms with Gasteiger partial charge in [-0.2, -0.15) is 0 Å². The smallest absolute Gasteiger partial charge is 0.275 e. The standard InChI is InChI=1S/C14H11N5O/c20-14(18-12-5-1-2-7-16-12)11-4-3-6-13(17-11)19-9-8-15-10-19/h1-10H,(H,16,18,20). The van der Waals surface area contributed by atoms with Crippen molar-refractivity contribution in [2.45, 2.75) is 0 Å². The Morgan fingerprint density at radius 3 is 2.80 bits per heavy atom. The van der Waals surface area contributed by atoms with Gasteiger partial charge in [0.25, 0.3) is 5.91 Å². The highest BCUT2D eigenvalue weighted by Crippen LogP contribution is 2.07. The van der Waals surface area contributed by atoms with Crippen LogP contribution in [0.4, 0.5) is 5.82 Å². The summed E-state index contributed by atoms with van der Waals surface area (Å²) in [6.45, 7) is 0. The lowest BCUT2D eigenvalue weighted by atomic mass is 10.3. The first-order chi connectivity index (χ1) is 9.83. The molecule has 98 valence electrons. The van der Waals surface area contributed by atoms with Crippen LogP contribution in [0, 0.1) is 0 Å². The minimum Gasteiger partial charge on any atom is -0.305 e. The van der Waals surface area contributed by atoms with Crippen LogP contribution in [0.15, 0.2) is 61.3 Å². The number of pyridine rings is 2. The Kier molecular flexibility index (Phi) is 3.20. The molecule has 0 radical (unpaired) electrons. The zero-order valence-corrected chi connectivity index (χ0v) is 10.5. The normalized spacial score (nSPS) is 10.2. The van der Waals surface area contributed by atoms with Crippen LogP contribution < -0.4 is 5.32 Å². The van der Waals surface area contributed by atoms with Gasteiger partial charge in [0.1, 0.15) is 23.7 Å². The van der Waals surface area contributed by atoms with Gasteiger partial charge in [-0.3, -0.25) is 9.36 Å². The monoisotopic (exact) mass is 265 g/mol. The second-order valence-corrected chi connectivity index (χ2v) is 4.02. The van der Waals surface area contributed by atoms with Crippen molar-refractivity contribution < 1.29 is 4.79 Å². The van der Waals surface area contributed by atoms with Crippen LogP contribution in [0.1, 0.15) is 10.5 Å². The zero-order chi connectivity index (χ0) is 13.8. The van der Waals surface area contributed by atoms with E-state index in [-0.39, 0.29) is 5.91 Å². The fourth-order valence-electron chi connectivity index (χ4n) is 1.71. The third-order valence-corrected chi connectivity index (χ3v) is 2.64. The highest BCUT2D eigenvalue weighted by atomic mass is 16.1. The van der Waals surface area contributed by atoms with Crippen LogP contribution in [-0.4, -0.2) is 25.4 Å². The van der Waals surface area contributed by atoms with E-state index in [1.807, 2.05) is 0 Å². The van der Waals surface area contributed by atoms with Crippen molar-refractivity contribution in [2.75, 3.05) is 5.32 Å². The molecule has 3 rings (SSSR count). The highest BCUT2D eigenvalue weighted by Gasteiger charge is 2.09. The van der Waals surface area contributed by atoms with E-state index in [4.69, 9.17) is 0 Å². The van der Waals surface area contributed by atoms with E-state index in [2.05, 4.69) is 20.3 Å². The van der Waals surface area contributed by atoms with E-state index in [1.165, 1.54) is 0 Å². The summed E-state index contributed by atoms with van der Waals surface area (Å²) in [5.74, 6) is 0.828. The number of anilines is 1. The number of carbonyl (C=O) groups is 1. The Morgan fingerprint density at radius 1 is 1.10 bits per heavy atom. The lowest BCUT2D eigenvalue weighted by Crippen LogP contribution is -2.15. The van der Waals surface area contributed by atoms with E-state index in [9.17, 15) is 4.79 Å². The van der Waals surface area contributed by atoms with E-state index in [1.54, 1.807) is 65.9 Å². The average molecular weight is 265 g/mol. The maximum absolute atomic E-state index is 12.1. The molecule has 0 saturated heterocycles. The molecule has 3 heterocycles. The van der Waals surface area contributed by atoms with Crippen molar-refractivity contribution in [1.29, 1.82) is 0 Å². The Hall–Kier alpha value is -3.02. The van der Waals surface area contributed by atoms with E-state index in [0.717, 1.165) is 0 Å². The lowest BCUT2D eigenvalue weighted by molar-refractivity contribution is 0.102. The Morgan fingerprint density at radius 2 is 2.05 bits per heavy atom. The maximum atomic E-state index is 12.1. The van der Waals surface area contributed by atoms with E-state index in [0.29, 0.717) is 17.3 Å². The van der Waals surface area contributed by atoms with Crippen molar-refractivity contribution in [1.82, 2.24) is 19.5 Å². The van der Waals surface area contributed by atoms with Gasteiger partial charge in [-0.1, -0.05) is 12.1 Å². The van der Waals surface area contributed by atoms with Crippen molar-refractivity contribution in [2.24, 2.45) is 0 Å². The average Bonchev–Trinajstić information content (AvgIpc) is 3.03. The van der Waals surface area contributed by atoms with Crippen LogP contribution in [-0.2, 0) is 0 Å². The van der Waals surface area contributed by atoms with Crippen LogP contribution in [0.25, 0.3) is 5.82 Å². The molecular weight excluding hydrogens is 254 g/mol. The molecule has 6 nitrogen and oxygen atoms in total. The van der Waals surface area contributed by atoms with Gasteiger partial charge in [-0.25, -0.2) is 15.0 Å². The van der Waals surface area contributed by atoms with Crippen LogP contribution >= 0.6 is 0 Å². The molecule has 0 aromatic carbocycles. The molecule has 3 aromatic rings. The highest BCUT2D eigenvalue weighted by molar-refractivity contribution is 6.02. The van der Waals surface area contributed by atoms with Gasteiger partial charge in [0.05, 0.1) is 0 Å². The number of aromatic nitrogens is 4. The molecule has 0 saturated carbocycles. The SMILES string of the molecule is O=C(Nc1ccccn1)c1cccc(-n2ccnc2)n1. The second kappa shape index (κ2) is 5.31. The molecule has 20 heavy (non-hydrogen) atoms. The number of imidazole rings is 1. The molecule has 0 unspecified atom stereocenters. The molecular formula is C14H11N5O. The summed E-state index contributed by atoms with van der Waals surface area (Å²) in [6.07, 6.45) is 6.67. The minimum atomic E-state index is -0.300. The molecule has 0 bridgehead atoms. The number of hydrogen-bond acceptors (Lipinski definition) is 4. The van der Waals surface area contributed by atoms with Gasteiger partial charge < -0.3 is 5.32 Å².